The fourth-order valence-corrected chi connectivity index (χ4v) is 7.14. The molecular weight excluding hydrogens is 578 g/mol. The largest absolute Gasteiger partial charge is 0.508 e. The topological polar surface area (TPSA) is 69.6 Å². The second-order valence-electron chi connectivity index (χ2n) is 15.3. The maximum absolute atomic E-state index is 13.3. The van der Waals surface area contributed by atoms with Crippen LogP contribution < -0.4 is 5.32 Å². The van der Waals surface area contributed by atoms with Crippen molar-refractivity contribution in [3.63, 3.8) is 0 Å². The molecular formula is C43H71NO3. The molecule has 0 aliphatic rings. The Balaban J connectivity index is 1.86. The highest BCUT2D eigenvalue weighted by molar-refractivity contribution is 5.76. The number of rotatable bonds is 25. The minimum Gasteiger partial charge on any atom is -0.508 e. The third kappa shape index (κ3) is 16.0. The number of amides is 1. The minimum absolute atomic E-state index is 0.0199. The Hall–Kier alpha value is -2.49. The molecule has 0 aliphatic carbocycles. The zero-order chi connectivity index (χ0) is 34.6. The number of aromatic hydroxyl groups is 2. The van der Waals surface area contributed by atoms with E-state index in [1.54, 1.807) is 0 Å². The summed E-state index contributed by atoms with van der Waals surface area (Å²) >= 11 is 0. The van der Waals surface area contributed by atoms with E-state index >= 15 is 0 Å². The van der Waals surface area contributed by atoms with Crippen molar-refractivity contribution in [1.82, 2.24) is 5.32 Å². The maximum Gasteiger partial charge on any atom is 0.220 e. The van der Waals surface area contributed by atoms with Gasteiger partial charge in [-0.15, -0.1) is 0 Å². The zero-order valence-electron chi connectivity index (χ0n) is 31.4. The van der Waals surface area contributed by atoms with Crippen molar-refractivity contribution in [2.24, 2.45) is 11.8 Å². The van der Waals surface area contributed by atoms with Crippen LogP contribution in [0.25, 0.3) is 0 Å². The van der Waals surface area contributed by atoms with Gasteiger partial charge in [0.2, 0.25) is 5.91 Å². The van der Waals surface area contributed by atoms with Crippen molar-refractivity contribution in [3.8, 4) is 11.5 Å². The number of nitrogens with one attached hydrogen (secondary N) is 1. The normalized spacial score (nSPS) is 13.6. The molecule has 2 rings (SSSR count). The molecule has 0 saturated heterocycles. The van der Waals surface area contributed by atoms with Crippen LogP contribution in [0.5, 0.6) is 11.5 Å². The van der Waals surface area contributed by atoms with Crippen molar-refractivity contribution < 1.29 is 15.0 Å². The summed E-state index contributed by atoms with van der Waals surface area (Å²) in [7, 11) is 0. The lowest BCUT2D eigenvalue weighted by atomic mass is 9.82. The predicted molar refractivity (Wildman–Crippen MR) is 202 cm³/mol. The van der Waals surface area contributed by atoms with Gasteiger partial charge in [-0.1, -0.05) is 163 Å². The van der Waals surface area contributed by atoms with Crippen LogP contribution in [0.15, 0.2) is 36.4 Å². The van der Waals surface area contributed by atoms with E-state index in [0.717, 1.165) is 36.8 Å². The van der Waals surface area contributed by atoms with Crippen LogP contribution in [-0.4, -0.2) is 22.2 Å². The number of benzene rings is 2. The quantitative estimate of drug-likeness (QED) is 0.0937. The monoisotopic (exact) mass is 650 g/mol. The van der Waals surface area contributed by atoms with Gasteiger partial charge in [0.05, 0.1) is 0 Å². The van der Waals surface area contributed by atoms with E-state index in [4.69, 9.17) is 0 Å². The second-order valence-corrected chi connectivity index (χ2v) is 15.3. The standard InChI is InChI=1S/C43H71NO3/c1-8-9-10-11-12-13-14-15-16-17-18-19-20-21-22-23-42(47)44-43(34(6)28-36-24-26-40(45)38(30-36)32(2)3)35(7)29-37-25-27-41(46)39(31-37)33(4)5/h24-27,30-35,43,45-46H,8-23,28-29H2,1-7H3,(H,44,47). The van der Waals surface area contributed by atoms with Gasteiger partial charge in [-0.25, -0.2) is 0 Å². The molecule has 2 atom stereocenters. The number of hydrogen-bond donors (Lipinski definition) is 3. The smallest absolute Gasteiger partial charge is 0.220 e. The van der Waals surface area contributed by atoms with Crippen molar-refractivity contribution in [2.75, 3.05) is 0 Å². The summed E-state index contributed by atoms with van der Waals surface area (Å²) in [6, 6.07) is 11.9. The van der Waals surface area contributed by atoms with Crippen LogP contribution in [0.2, 0.25) is 0 Å². The van der Waals surface area contributed by atoms with Gasteiger partial charge in [0, 0.05) is 12.5 Å². The van der Waals surface area contributed by atoms with Crippen molar-refractivity contribution in [2.45, 2.75) is 182 Å². The lowest BCUT2D eigenvalue weighted by Gasteiger charge is -2.31. The van der Waals surface area contributed by atoms with Gasteiger partial charge < -0.3 is 15.5 Å². The second kappa shape index (κ2) is 23.0. The van der Waals surface area contributed by atoms with E-state index in [1.165, 1.54) is 94.6 Å². The van der Waals surface area contributed by atoms with Crippen LogP contribution in [0.4, 0.5) is 0 Å². The van der Waals surface area contributed by atoms with Crippen molar-refractivity contribution in [1.29, 1.82) is 0 Å². The lowest BCUT2D eigenvalue weighted by molar-refractivity contribution is -0.122. The number of carbonyl (C=O) groups is 1. The Bertz CT molecular complexity index is 1070. The van der Waals surface area contributed by atoms with Gasteiger partial charge in [-0.05, 0) is 77.3 Å². The first kappa shape index (κ1) is 40.7. The Labute approximate surface area is 289 Å². The molecule has 0 aliphatic heterocycles. The van der Waals surface area contributed by atoms with Gasteiger partial charge in [0.15, 0.2) is 0 Å². The van der Waals surface area contributed by atoms with Crippen molar-refractivity contribution >= 4 is 5.91 Å². The molecule has 2 aromatic rings. The van der Waals surface area contributed by atoms with Crippen molar-refractivity contribution in [3.05, 3.63) is 58.7 Å². The van der Waals surface area contributed by atoms with Crippen LogP contribution in [0.3, 0.4) is 0 Å². The van der Waals surface area contributed by atoms with Crippen LogP contribution in [-0.2, 0) is 17.6 Å². The molecule has 0 fully saturated rings. The molecule has 1 amide bonds. The average molecular weight is 650 g/mol. The minimum atomic E-state index is 0.0199. The Morgan fingerprint density at radius 1 is 0.574 bits per heavy atom. The van der Waals surface area contributed by atoms with E-state index in [0.29, 0.717) is 17.9 Å². The lowest BCUT2D eigenvalue weighted by Crippen LogP contribution is -2.45. The molecule has 2 unspecified atom stereocenters. The first-order valence-electron chi connectivity index (χ1n) is 19.5. The fourth-order valence-electron chi connectivity index (χ4n) is 7.14. The average Bonchev–Trinajstić information content (AvgIpc) is 3.03. The molecule has 266 valence electrons. The maximum atomic E-state index is 13.3. The van der Waals surface area contributed by atoms with Gasteiger partial charge in [0.25, 0.3) is 0 Å². The van der Waals surface area contributed by atoms with Crippen LogP contribution in [0.1, 0.15) is 185 Å². The predicted octanol–water partition coefficient (Wildman–Crippen LogP) is 12.1. The van der Waals surface area contributed by atoms with Gasteiger partial charge in [-0.2, -0.15) is 0 Å². The summed E-state index contributed by atoms with van der Waals surface area (Å²) in [4.78, 5) is 13.3. The first-order chi connectivity index (χ1) is 22.5. The number of phenols is 2. The highest BCUT2D eigenvalue weighted by atomic mass is 16.3. The molecule has 2 aromatic carbocycles. The fraction of sp³-hybridized carbons (Fsp3) is 0.698. The first-order valence-corrected chi connectivity index (χ1v) is 19.5. The van der Waals surface area contributed by atoms with E-state index in [-0.39, 0.29) is 35.6 Å². The molecule has 4 heteroatoms. The summed E-state index contributed by atoms with van der Waals surface area (Å²) in [6.45, 7) is 15.2. The summed E-state index contributed by atoms with van der Waals surface area (Å²) in [5.41, 5.74) is 4.34. The number of carbonyl (C=O) groups excluding carboxylic acids is 1. The summed E-state index contributed by atoms with van der Waals surface area (Å²) in [6.07, 6.45) is 22.1. The number of hydrogen-bond acceptors (Lipinski definition) is 3. The molecule has 0 heterocycles. The summed E-state index contributed by atoms with van der Waals surface area (Å²) < 4.78 is 0. The van der Waals surface area contributed by atoms with E-state index in [2.05, 4.69) is 65.9 Å². The molecule has 4 nitrogen and oxygen atoms in total. The summed E-state index contributed by atoms with van der Waals surface area (Å²) in [5.74, 6) is 1.81. The Morgan fingerprint density at radius 3 is 1.30 bits per heavy atom. The Morgan fingerprint density at radius 2 is 0.936 bits per heavy atom. The Kier molecular flexibility index (Phi) is 19.9. The van der Waals surface area contributed by atoms with E-state index < -0.39 is 0 Å². The SMILES string of the molecule is CCCCCCCCCCCCCCCCCC(=O)NC(C(C)Cc1ccc(O)c(C(C)C)c1)C(C)Cc1ccc(O)c(C(C)C)c1. The van der Waals surface area contributed by atoms with Crippen LogP contribution in [0, 0.1) is 11.8 Å². The van der Waals surface area contributed by atoms with Crippen LogP contribution >= 0.6 is 0 Å². The number of unbranched alkanes of at least 4 members (excludes halogenated alkanes) is 14. The van der Waals surface area contributed by atoms with Gasteiger partial charge in [-0.3, -0.25) is 4.79 Å². The van der Waals surface area contributed by atoms with E-state index in [9.17, 15) is 15.0 Å². The molecule has 0 aromatic heterocycles. The molecule has 0 bridgehead atoms. The molecule has 47 heavy (non-hydrogen) atoms. The highest BCUT2D eigenvalue weighted by Gasteiger charge is 2.26. The van der Waals surface area contributed by atoms with Gasteiger partial charge in [0.1, 0.15) is 11.5 Å². The highest BCUT2D eigenvalue weighted by Crippen LogP contribution is 2.31. The summed E-state index contributed by atoms with van der Waals surface area (Å²) in [5, 5.41) is 24.2. The number of phenolic OH excluding ortho intramolecular Hbond substituents is 2. The van der Waals surface area contributed by atoms with E-state index in [1.807, 2.05) is 24.3 Å². The third-order valence-electron chi connectivity index (χ3n) is 10.1. The van der Waals surface area contributed by atoms with Gasteiger partial charge >= 0.3 is 0 Å². The third-order valence-corrected chi connectivity index (χ3v) is 10.1. The molecule has 0 spiro atoms. The molecule has 0 radical (unpaired) electrons. The molecule has 3 N–H and O–H groups in total. The molecule has 0 saturated carbocycles. The zero-order valence-corrected chi connectivity index (χ0v) is 31.4.